The van der Waals surface area contributed by atoms with Crippen LogP contribution in [0.4, 0.5) is 0 Å². The van der Waals surface area contributed by atoms with Crippen molar-refractivity contribution in [3.05, 3.63) is 0 Å². The van der Waals surface area contributed by atoms with E-state index in [0.29, 0.717) is 23.9 Å². The molecular formula is C65H133N2O6P. The number of hydrogen-bond donors (Lipinski definition) is 2. The van der Waals surface area contributed by atoms with Gasteiger partial charge in [0.2, 0.25) is 5.91 Å². The summed E-state index contributed by atoms with van der Waals surface area (Å²) in [6.07, 6.45) is 70.4. The minimum absolute atomic E-state index is 0.0167. The van der Waals surface area contributed by atoms with E-state index in [2.05, 4.69) is 19.2 Å². The molecule has 444 valence electrons. The summed E-state index contributed by atoms with van der Waals surface area (Å²) in [4.78, 5) is 25.6. The number of nitrogens with one attached hydrogen (secondary N) is 1. The molecule has 0 heterocycles. The number of quaternary nitrogens is 1. The van der Waals surface area contributed by atoms with Crippen molar-refractivity contribution < 1.29 is 32.9 Å². The molecule has 0 radical (unpaired) electrons. The van der Waals surface area contributed by atoms with Gasteiger partial charge in [0, 0.05) is 6.42 Å². The van der Waals surface area contributed by atoms with Crippen LogP contribution in [0.25, 0.3) is 0 Å². The van der Waals surface area contributed by atoms with E-state index >= 15 is 0 Å². The lowest BCUT2D eigenvalue weighted by Crippen LogP contribution is -2.46. The Balaban J connectivity index is 3.88. The third-order valence-corrected chi connectivity index (χ3v) is 16.8. The van der Waals surface area contributed by atoms with E-state index in [0.717, 1.165) is 38.5 Å². The van der Waals surface area contributed by atoms with Crippen LogP contribution in [0, 0.1) is 0 Å². The Morgan fingerprint density at radius 3 is 0.919 bits per heavy atom. The SMILES string of the molecule is CCCCCCCCCCCCCCCCCCCCCCCCCCCCCCCCCCCCCCC(=O)NC(COP(=O)([O-])OCC[N+](C)(C)C)C(O)CCCCCCCCCCCCCCCCCC. The zero-order chi connectivity index (χ0) is 54.2. The second-order valence-electron chi connectivity index (χ2n) is 24.5. The molecule has 0 saturated heterocycles. The van der Waals surface area contributed by atoms with Crippen molar-refractivity contribution >= 4 is 13.7 Å². The van der Waals surface area contributed by atoms with E-state index < -0.39 is 20.0 Å². The van der Waals surface area contributed by atoms with Gasteiger partial charge in [-0.1, -0.05) is 341 Å². The average Bonchev–Trinajstić information content (AvgIpc) is 3.36. The highest BCUT2D eigenvalue weighted by molar-refractivity contribution is 7.45. The molecule has 2 N–H and O–H groups in total. The van der Waals surface area contributed by atoms with Gasteiger partial charge in [0.15, 0.2) is 0 Å². The normalized spacial score (nSPS) is 13.7. The van der Waals surface area contributed by atoms with E-state index in [-0.39, 0.29) is 19.1 Å². The van der Waals surface area contributed by atoms with Gasteiger partial charge in [-0.2, -0.15) is 0 Å². The lowest BCUT2D eigenvalue weighted by atomic mass is 10.0. The Bertz CT molecular complexity index is 1170. The minimum Gasteiger partial charge on any atom is -0.756 e. The molecule has 0 aromatic carbocycles. The zero-order valence-corrected chi connectivity index (χ0v) is 51.7. The number of likely N-dealkylation sites (N-methyl/N-ethyl adjacent to an activating group) is 1. The smallest absolute Gasteiger partial charge is 0.268 e. The van der Waals surface area contributed by atoms with Gasteiger partial charge in [-0.15, -0.1) is 0 Å². The van der Waals surface area contributed by atoms with Crippen molar-refractivity contribution in [2.75, 3.05) is 40.9 Å². The number of carbonyl (C=O) groups excluding carboxylic acids is 1. The van der Waals surface area contributed by atoms with Crippen molar-refractivity contribution in [2.45, 2.75) is 373 Å². The highest BCUT2D eigenvalue weighted by Crippen LogP contribution is 2.38. The minimum atomic E-state index is -4.57. The highest BCUT2D eigenvalue weighted by atomic mass is 31.2. The van der Waals surface area contributed by atoms with E-state index in [1.165, 1.54) is 295 Å². The number of unbranched alkanes of at least 4 members (excludes halogenated alkanes) is 50. The first-order valence-electron chi connectivity index (χ1n) is 33.4. The van der Waals surface area contributed by atoms with Crippen LogP contribution in [0.5, 0.6) is 0 Å². The number of phosphoric ester groups is 1. The van der Waals surface area contributed by atoms with Gasteiger partial charge in [0.25, 0.3) is 7.82 Å². The van der Waals surface area contributed by atoms with Crippen LogP contribution in [-0.2, 0) is 18.4 Å². The maximum atomic E-state index is 13.0. The van der Waals surface area contributed by atoms with Gasteiger partial charge in [0.1, 0.15) is 13.2 Å². The molecule has 74 heavy (non-hydrogen) atoms. The van der Waals surface area contributed by atoms with Gasteiger partial charge in [-0.05, 0) is 12.8 Å². The van der Waals surface area contributed by atoms with Crippen molar-refractivity contribution in [3.63, 3.8) is 0 Å². The van der Waals surface area contributed by atoms with E-state index in [9.17, 15) is 19.4 Å². The van der Waals surface area contributed by atoms with Crippen LogP contribution < -0.4 is 10.2 Å². The Kier molecular flexibility index (Phi) is 56.8. The highest BCUT2D eigenvalue weighted by Gasteiger charge is 2.24. The number of aliphatic hydroxyl groups is 1. The largest absolute Gasteiger partial charge is 0.756 e. The van der Waals surface area contributed by atoms with Gasteiger partial charge in [-0.25, -0.2) is 0 Å². The summed E-state index contributed by atoms with van der Waals surface area (Å²) >= 11 is 0. The summed E-state index contributed by atoms with van der Waals surface area (Å²) in [6.45, 7) is 4.78. The van der Waals surface area contributed by atoms with E-state index in [4.69, 9.17) is 9.05 Å². The van der Waals surface area contributed by atoms with Crippen molar-refractivity contribution in [2.24, 2.45) is 0 Å². The number of aliphatic hydroxyl groups excluding tert-OH is 1. The van der Waals surface area contributed by atoms with Crippen LogP contribution in [0.3, 0.4) is 0 Å². The number of carbonyl (C=O) groups is 1. The van der Waals surface area contributed by atoms with Crippen molar-refractivity contribution in [1.82, 2.24) is 5.32 Å². The predicted octanol–water partition coefficient (Wildman–Crippen LogP) is 20.1. The molecule has 0 aromatic heterocycles. The summed E-state index contributed by atoms with van der Waals surface area (Å²) in [6, 6.07) is -0.795. The van der Waals surface area contributed by atoms with Gasteiger partial charge in [0.05, 0.1) is 39.9 Å². The first-order chi connectivity index (χ1) is 36.0. The number of rotatable bonds is 63. The molecule has 3 atom stereocenters. The molecule has 0 fully saturated rings. The molecule has 0 rings (SSSR count). The molecule has 0 saturated carbocycles. The molecule has 9 heteroatoms. The number of phosphoric acid groups is 1. The van der Waals surface area contributed by atoms with Crippen molar-refractivity contribution in [1.29, 1.82) is 0 Å². The average molecular weight is 1070 g/mol. The fourth-order valence-corrected chi connectivity index (χ4v) is 11.4. The summed E-state index contributed by atoms with van der Waals surface area (Å²) in [5.74, 6) is -0.155. The standard InChI is InChI=1S/C65H133N2O6P/c1-6-8-10-12-14-16-18-20-22-24-25-26-27-28-29-30-31-32-33-34-35-36-37-38-39-40-41-42-43-45-47-49-51-53-55-57-59-65(69)66-63(62-73-74(70,71)72-61-60-67(3,4)5)64(68)58-56-54-52-50-48-46-44-23-21-19-17-15-13-11-9-7-2/h63-64,68H,6-62H2,1-5H3,(H-,66,69,70,71). The first-order valence-corrected chi connectivity index (χ1v) is 34.8. The molecule has 3 unspecified atom stereocenters. The summed E-state index contributed by atoms with van der Waals surface area (Å²) in [5, 5.41) is 14.0. The van der Waals surface area contributed by atoms with Crippen LogP contribution in [-0.4, -0.2) is 68.5 Å². The molecule has 8 nitrogen and oxygen atoms in total. The van der Waals surface area contributed by atoms with E-state index in [1.807, 2.05) is 21.1 Å². The molecule has 0 aliphatic heterocycles. The first kappa shape index (κ1) is 73.5. The fraction of sp³-hybridized carbons (Fsp3) is 0.985. The quantitative estimate of drug-likeness (QED) is 0.0357. The number of amides is 1. The second kappa shape index (κ2) is 57.2. The maximum absolute atomic E-state index is 13.0. The lowest BCUT2D eigenvalue weighted by Gasteiger charge is -2.30. The monoisotopic (exact) mass is 1070 g/mol. The number of nitrogens with zero attached hydrogens (tertiary/aromatic N) is 1. The Morgan fingerprint density at radius 1 is 0.419 bits per heavy atom. The predicted molar refractivity (Wildman–Crippen MR) is 321 cm³/mol. The summed E-state index contributed by atoms with van der Waals surface area (Å²) in [5.41, 5.74) is 0. The van der Waals surface area contributed by atoms with Crippen LogP contribution in [0.1, 0.15) is 361 Å². The van der Waals surface area contributed by atoms with Gasteiger partial charge in [-0.3, -0.25) is 9.36 Å². The molecule has 0 bridgehead atoms. The molecular weight excluding hydrogens is 936 g/mol. The third kappa shape index (κ3) is 59.2. The maximum Gasteiger partial charge on any atom is 0.268 e. The lowest BCUT2D eigenvalue weighted by molar-refractivity contribution is -0.870. The van der Waals surface area contributed by atoms with Gasteiger partial charge < -0.3 is 28.8 Å². The topological polar surface area (TPSA) is 108 Å². The molecule has 0 aliphatic carbocycles. The van der Waals surface area contributed by atoms with Crippen LogP contribution >= 0.6 is 7.82 Å². The summed E-state index contributed by atoms with van der Waals surface area (Å²) in [7, 11) is 1.33. The summed E-state index contributed by atoms with van der Waals surface area (Å²) < 4.78 is 23.5. The fourth-order valence-electron chi connectivity index (χ4n) is 10.6. The number of hydrogen-bond acceptors (Lipinski definition) is 6. The van der Waals surface area contributed by atoms with Gasteiger partial charge >= 0.3 is 0 Å². The Labute approximate surface area is 463 Å². The molecule has 1 amide bonds. The zero-order valence-electron chi connectivity index (χ0n) is 50.8. The van der Waals surface area contributed by atoms with Crippen LogP contribution in [0.15, 0.2) is 0 Å². The molecule has 0 aromatic rings. The van der Waals surface area contributed by atoms with Crippen LogP contribution in [0.2, 0.25) is 0 Å². The molecule has 0 aliphatic rings. The van der Waals surface area contributed by atoms with E-state index in [1.54, 1.807) is 0 Å². The Hall–Kier alpha value is -0.500. The second-order valence-corrected chi connectivity index (χ2v) is 26.0. The molecule has 0 spiro atoms. The Morgan fingerprint density at radius 2 is 0.662 bits per heavy atom. The third-order valence-electron chi connectivity index (χ3n) is 15.8. The van der Waals surface area contributed by atoms with Crippen molar-refractivity contribution in [3.8, 4) is 0 Å².